The summed E-state index contributed by atoms with van der Waals surface area (Å²) >= 11 is 0. The van der Waals surface area contributed by atoms with E-state index in [1.807, 2.05) is 0 Å². The van der Waals surface area contributed by atoms with Gasteiger partial charge in [-0.3, -0.25) is 0 Å². The van der Waals surface area contributed by atoms with Gasteiger partial charge < -0.3 is 4.90 Å². The molecule has 0 spiro atoms. The number of para-hydroxylation sites is 1. The molecule has 1 aliphatic rings. The second-order valence-electron chi connectivity index (χ2n) is 5.63. The lowest BCUT2D eigenvalue weighted by Crippen LogP contribution is -2.45. The summed E-state index contributed by atoms with van der Waals surface area (Å²) in [5.41, 5.74) is 3.13. The van der Waals surface area contributed by atoms with Crippen LogP contribution in [0.25, 0.3) is 0 Å². The second-order valence-corrected chi connectivity index (χ2v) is 5.63. The smallest absolute Gasteiger partial charge is 0.0409 e. The molecule has 0 amide bonds. The minimum absolute atomic E-state index is 0.209. The third kappa shape index (κ3) is 1.54. The summed E-state index contributed by atoms with van der Waals surface area (Å²) < 4.78 is 0. The van der Waals surface area contributed by atoms with Gasteiger partial charge >= 0.3 is 0 Å². The summed E-state index contributed by atoms with van der Waals surface area (Å²) in [6.07, 6.45) is 0. The molecule has 2 rings (SSSR count). The van der Waals surface area contributed by atoms with E-state index in [4.69, 9.17) is 0 Å². The van der Waals surface area contributed by atoms with Crippen LogP contribution in [0.5, 0.6) is 0 Å². The number of hydrogen-bond acceptors (Lipinski definition) is 1. The molecule has 0 N–H and O–H groups in total. The van der Waals surface area contributed by atoms with Crippen molar-refractivity contribution < 1.29 is 0 Å². The van der Waals surface area contributed by atoms with Gasteiger partial charge in [0.15, 0.2) is 0 Å². The Morgan fingerprint density at radius 2 is 1.67 bits per heavy atom. The Morgan fingerprint density at radius 1 is 1.07 bits per heavy atom. The fraction of sp³-hybridized carbons (Fsp3) is 0.571. The van der Waals surface area contributed by atoms with Crippen LogP contribution in [0.1, 0.15) is 46.1 Å². The average molecular weight is 203 g/mol. The molecule has 1 heteroatoms. The molecule has 0 radical (unpaired) electrons. The Labute approximate surface area is 93.1 Å². The van der Waals surface area contributed by atoms with Crippen LogP contribution in [0.2, 0.25) is 0 Å². The quantitative estimate of drug-likeness (QED) is 0.620. The number of hydrogen-bond donors (Lipinski definition) is 0. The maximum Gasteiger partial charge on any atom is 0.0409 e. The van der Waals surface area contributed by atoms with E-state index in [-0.39, 0.29) is 5.54 Å². The second kappa shape index (κ2) is 3.26. The van der Waals surface area contributed by atoms with Crippen LogP contribution in [0, 0.1) is 0 Å². The van der Waals surface area contributed by atoms with Crippen molar-refractivity contribution in [2.75, 3.05) is 4.90 Å². The first-order chi connectivity index (χ1) is 6.93. The Hall–Kier alpha value is -0.980. The molecule has 0 aromatic heterocycles. The molecule has 2 atom stereocenters. The molecule has 0 fully saturated rings. The summed E-state index contributed by atoms with van der Waals surface area (Å²) in [6, 6.07) is 9.40. The van der Waals surface area contributed by atoms with Gasteiger partial charge in [-0.2, -0.15) is 0 Å². The predicted octanol–water partition coefficient (Wildman–Crippen LogP) is 3.80. The molecule has 1 heterocycles. The molecule has 1 aromatic rings. The molecule has 1 aromatic carbocycles. The normalized spacial score (nSPS) is 25.5. The maximum atomic E-state index is 2.55. The number of rotatable bonds is 0. The highest BCUT2D eigenvalue weighted by Gasteiger charge is 2.37. The third-order valence-corrected chi connectivity index (χ3v) is 3.54. The van der Waals surface area contributed by atoms with Gasteiger partial charge in [-0.1, -0.05) is 25.1 Å². The zero-order valence-electron chi connectivity index (χ0n) is 10.4. The predicted molar refractivity (Wildman–Crippen MR) is 66.6 cm³/mol. The fourth-order valence-electron chi connectivity index (χ4n) is 2.77. The first-order valence-electron chi connectivity index (χ1n) is 5.81. The van der Waals surface area contributed by atoms with E-state index in [9.17, 15) is 0 Å². The molecule has 0 aliphatic carbocycles. The molecule has 0 bridgehead atoms. The van der Waals surface area contributed by atoms with Crippen molar-refractivity contribution in [1.29, 1.82) is 0 Å². The van der Waals surface area contributed by atoms with Crippen molar-refractivity contribution in [3.8, 4) is 0 Å². The van der Waals surface area contributed by atoms with Gasteiger partial charge in [0.05, 0.1) is 0 Å². The van der Waals surface area contributed by atoms with Crippen LogP contribution in [0.3, 0.4) is 0 Å². The van der Waals surface area contributed by atoms with Crippen molar-refractivity contribution in [3.05, 3.63) is 29.8 Å². The Bertz CT molecular complexity index is 362. The van der Waals surface area contributed by atoms with Gasteiger partial charge in [0.25, 0.3) is 0 Å². The zero-order chi connectivity index (χ0) is 11.2. The van der Waals surface area contributed by atoms with Gasteiger partial charge in [0, 0.05) is 23.2 Å². The highest BCUT2D eigenvalue weighted by molar-refractivity contribution is 5.62. The molecule has 15 heavy (non-hydrogen) atoms. The molecular weight excluding hydrogens is 182 g/mol. The molecule has 1 aliphatic heterocycles. The summed E-state index contributed by atoms with van der Waals surface area (Å²) in [5, 5.41) is 0. The van der Waals surface area contributed by atoms with E-state index >= 15 is 0 Å². The van der Waals surface area contributed by atoms with Crippen LogP contribution < -0.4 is 4.90 Å². The van der Waals surface area contributed by atoms with E-state index < -0.39 is 0 Å². The van der Waals surface area contributed by atoms with E-state index in [1.54, 1.807) is 0 Å². The van der Waals surface area contributed by atoms with Crippen molar-refractivity contribution in [1.82, 2.24) is 0 Å². The topological polar surface area (TPSA) is 3.24 Å². The number of anilines is 1. The summed E-state index contributed by atoms with van der Waals surface area (Å²) in [7, 11) is 0. The fourth-order valence-corrected chi connectivity index (χ4v) is 2.77. The molecule has 0 saturated carbocycles. The Balaban J connectivity index is 2.52. The Kier molecular flexibility index (Phi) is 2.29. The number of nitrogens with zero attached hydrogens (tertiary/aromatic N) is 1. The summed E-state index contributed by atoms with van der Waals surface area (Å²) in [6.45, 7) is 11.5. The first-order valence-corrected chi connectivity index (χ1v) is 5.81. The molecule has 1 nitrogen and oxygen atoms in total. The number of fused-ring (bicyclic) bond motifs is 1. The van der Waals surface area contributed by atoms with E-state index in [1.165, 1.54) is 11.3 Å². The lowest BCUT2D eigenvalue weighted by molar-refractivity contribution is 0.445. The SMILES string of the molecule is CC1c2ccccc2N(C(C)(C)C)C1C. The minimum Gasteiger partial charge on any atom is -0.363 e. The minimum atomic E-state index is 0.209. The van der Waals surface area contributed by atoms with Gasteiger partial charge in [-0.25, -0.2) is 0 Å². The van der Waals surface area contributed by atoms with Gasteiger partial charge in [-0.05, 0) is 39.3 Å². The van der Waals surface area contributed by atoms with Crippen LogP contribution in [-0.4, -0.2) is 11.6 Å². The van der Waals surface area contributed by atoms with Gasteiger partial charge in [0.2, 0.25) is 0 Å². The monoisotopic (exact) mass is 203 g/mol. The molecule has 2 unspecified atom stereocenters. The molecular formula is C14H21N. The largest absolute Gasteiger partial charge is 0.363 e. The van der Waals surface area contributed by atoms with Gasteiger partial charge in [-0.15, -0.1) is 0 Å². The van der Waals surface area contributed by atoms with E-state index in [2.05, 4.69) is 63.8 Å². The highest BCUT2D eigenvalue weighted by atomic mass is 15.2. The number of benzene rings is 1. The molecule has 0 saturated heterocycles. The van der Waals surface area contributed by atoms with Crippen LogP contribution >= 0.6 is 0 Å². The lowest BCUT2D eigenvalue weighted by Gasteiger charge is -2.39. The van der Waals surface area contributed by atoms with Crippen LogP contribution in [-0.2, 0) is 0 Å². The highest BCUT2D eigenvalue weighted by Crippen LogP contribution is 2.43. The Morgan fingerprint density at radius 3 is 2.27 bits per heavy atom. The summed E-state index contributed by atoms with van der Waals surface area (Å²) in [5.74, 6) is 0.639. The van der Waals surface area contributed by atoms with Gasteiger partial charge in [0.1, 0.15) is 0 Å². The average Bonchev–Trinajstić information content (AvgIpc) is 2.39. The van der Waals surface area contributed by atoms with E-state index in [0.29, 0.717) is 12.0 Å². The van der Waals surface area contributed by atoms with Crippen molar-refractivity contribution >= 4 is 5.69 Å². The standard InChI is InChI=1S/C14H21N/c1-10-11(2)15(14(3,4)5)13-9-7-6-8-12(10)13/h6-11H,1-5H3. The summed E-state index contributed by atoms with van der Waals surface area (Å²) in [4.78, 5) is 2.55. The van der Waals surface area contributed by atoms with Crippen LogP contribution in [0.15, 0.2) is 24.3 Å². The van der Waals surface area contributed by atoms with Crippen molar-refractivity contribution in [3.63, 3.8) is 0 Å². The van der Waals surface area contributed by atoms with Crippen molar-refractivity contribution in [2.45, 2.75) is 52.1 Å². The molecule has 82 valence electrons. The van der Waals surface area contributed by atoms with Crippen molar-refractivity contribution in [2.24, 2.45) is 0 Å². The van der Waals surface area contributed by atoms with E-state index in [0.717, 1.165) is 0 Å². The first kappa shape index (κ1) is 10.5. The van der Waals surface area contributed by atoms with Crippen LogP contribution in [0.4, 0.5) is 5.69 Å². The third-order valence-electron chi connectivity index (χ3n) is 3.54. The lowest BCUT2D eigenvalue weighted by atomic mass is 9.97. The zero-order valence-corrected chi connectivity index (χ0v) is 10.4. The maximum absolute atomic E-state index is 2.55.